The van der Waals surface area contributed by atoms with Gasteiger partial charge in [0, 0.05) is 24.2 Å². The Morgan fingerprint density at radius 3 is 3.00 bits per heavy atom. The molecule has 0 saturated carbocycles. The molecule has 1 saturated heterocycles. The van der Waals surface area contributed by atoms with Crippen molar-refractivity contribution in [1.82, 2.24) is 4.90 Å². The molecule has 0 spiro atoms. The smallest absolute Gasteiger partial charge is 0.322 e. The monoisotopic (exact) mass is 287 g/mol. The lowest BCUT2D eigenvalue weighted by Crippen LogP contribution is -2.42. The van der Waals surface area contributed by atoms with Crippen LogP contribution in [-0.2, 0) is 0 Å². The lowest BCUT2D eigenvalue weighted by molar-refractivity contribution is 0.208. The average Bonchev–Trinajstić information content (AvgIpc) is 2.82. The molecule has 0 aliphatic carbocycles. The van der Waals surface area contributed by atoms with Crippen molar-refractivity contribution in [3.63, 3.8) is 0 Å². The first-order valence-corrected chi connectivity index (χ1v) is 6.60. The number of nitrogens with one attached hydrogen (secondary N) is 1. The Kier molecular flexibility index (Phi) is 4.32. The van der Waals surface area contributed by atoms with E-state index < -0.39 is 0 Å². The Morgan fingerprint density at radius 2 is 2.28 bits per heavy atom. The van der Waals surface area contributed by atoms with Crippen LogP contribution in [0.5, 0.6) is 0 Å². The van der Waals surface area contributed by atoms with Gasteiger partial charge in [0.2, 0.25) is 0 Å². The number of rotatable bonds is 2. The number of benzene rings is 1. The van der Waals surface area contributed by atoms with E-state index in [2.05, 4.69) is 5.32 Å². The molecular weight excluding hydrogens is 273 g/mol. The topological polar surface area (TPSA) is 58.4 Å². The first kappa shape index (κ1) is 13.5. The van der Waals surface area contributed by atoms with Crippen LogP contribution in [0.4, 0.5) is 10.5 Å². The standard InChI is InChI=1S/C12H15Cl2N3O/c13-8-3-4-10(14)11(6-8)16-12(18)17-5-1-2-9(17)7-15/h3-4,6,9H,1-2,5,7,15H2,(H,16,18). The van der Waals surface area contributed by atoms with E-state index >= 15 is 0 Å². The van der Waals surface area contributed by atoms with Gasteiger partial charge >= 0.3 is 6.03 Å². The molecule has 6 heteroatoms. The number of anilines is 1. The van der Waals surface area contributed by atoms with Crippen LogP contribution in [-0.4, -0.2) is 30.1 Å². The Hall–Kier alpha value is -0.970. The number of amides is 2. The fourth-order valence-corrected chi connectivity index (χ4v) is 2.47. The molecular formula is C12H15Cl2N3O. The highest BCUT2D eigenvalue weighted by Crippen LogP contribution is 2.26. The van der Waals surface area contributed by atoms with Crippen molar-refractivity contribution in [2.24, 2.45) is 5.73 Å². The summed E-state index contributed by atoms with van der Waals surface area (Å²) in [7, 11) is 0. The van der Waals surface area contributed by atoms with Gasteiger partial charge < -0.3 is 16.0 Å². The molecule has 1 aliphatic heterocycles. The van der Waals surface area contributed by atoms with Crippen molar-refractivity contribution < 1.29 is 4.79 Å². The van der Waals surface area contributed by atoms with Crippen LogP contribution in [0.25, 0.3) is 0 Å². The summed E-state index contributed by atoms with van der Waals surface area (Å²) >= 11 is 11.9. The van der Waals surface area contributed by atoms with E-state index in [1.54, 1.807) is 23.1 Å². The molecule has 1 fully saturated rings. The van der Waals surface area contributed by atoms with Crippen molar-refractivity contribution in [3.8, 4) is 0 Å². The number of carbonyl (C=O) groups excluding carboxylic acids is 1. The summed E-state index contributed by atoms with van der Waals surface area (Å²) in [5, 5.41) is 3.77. The number of halogens is 2. The Labute approximate surface area is 116 Å². The summed E-state index contributed by atoms with van der Waals surface area (Å²) in [6, 6.07) is 4.91. The number of hydrogen-bond donors (Lipinski definition) is 2. The van der Waals surface area contributed by atoms with E-state index in [0.717, 1.165) is 19.4 Å². The second-order valence-corrected chi connectivity index (χ2v) is 5.12. The Balaban J connectivity index is 2.09. The fraction of sp³-hybridized carbons (Fsp3) is 0.417. The van der Waals surface area contributed by atoms with Crippen LogP contribution in [0.3, 0.4) is 0 Å². The van der Waals surface area contributed by atoms with Crippen molar-refractivity contribution >= 4 is 34.9 Å². The molecule has 0 bridgehead atoms. The number of likely N-dealkylation sites (tertiary alicyclic amines) is 1. The minimum Gasteiger partial charge on any atom is -0.328 e. The second kappa shape index (κ2) is 5.78. The molecule has 18 heavy (non-hydrogen) atoms. The van der Waals surface area contributed by atoms with Crippen molar-refractivity contribution in [2.75, 3.05) is 18.4 Å². The average molecular weight is 288 g/mol. The maximum Gasteiger partial charge on any atom is 0.322 e. The minimum absolute atomic E-state index is 0.114. The van der Waals surface area contributed by atoms with Gasteiger partial charge in [-0.1, -0.05) is 23.2 Å². The minimum atomic E-state index is -0.174. The van der Waals surface area contributed by atoms with Crippen molar-refractivity contribution in [2.45, 2.75) is 18.9 Å². The van der Waals surface area contributed by atoms with Crippen LogP contribution >= 0.6 is 23.2 Å². The predicted molar refractivity (Wildman–Crippen MR) is 74.3 cm³/mol. The normalized spacial score (nSPS) is 19.1. The number of nitrogens with two attached hydrogens (primary N) is 1. The van der Waals surface area contributed by atoms with Gasteiger partial charge in [0.25, 0.3) is 0 Å². The first-order valence-electron chi connectivity index (χ1n) is 5.84. The molecule has 0 aromatic heterocycles. The molecule has 3 N–H and O–H groups in total. The third-order valence-corrected chi connectivity index (χ3v) is 3.64. The SMILES string of the molecule is NCC1CCCN1C(=O)Nc1cc(Cl)ccc1Cl. The van der Waals surface area contributed by atoms with Gasteiger partial charge in [-0.3, -0.25) is 0 Å². The van der Waals surface area contributed by atoms with Crippen molar-refractivity contribution in [1.29, 1.82) is 0 Å². The number of nitrogens with zero attached hydrogens (tertiary/aromatic N) is 1. The Bertz CT molecular complexity index is 453. The van der Waals surface area contributed by atoms with Gasteiger partial charge in [-0.25, -0.2) is 4.79 Å². The van der Waals surface area contributed by atoms with Crippen LogP contribution in [0.2, 0.25) is 10.0 Å². The zero-order valence-electron chi connectivity index (χ0n) is 9.83. The summed E-state index contributed by atoms with van der Waals surface area (Å²) < 4.78 is 0. The number of urea groups is 1. The molecule has 98 valence electrons. The zero-order chi connectivity index (χ0) is 13.1. The first-order chi connectivity index (χ1) is 8.61. The summed E-state index contributed by atoms with van der Waals surface area (Å²) in [5.41, 5.74) is 6.17. The third kappa shape index (κ3) is 2.88. The molecule has 2 amide bonds. The summed E-state index contributed by atoms with van der Waals surface area (Å²) in [5.74, 6) is 0. The zero-order valence-corrected chi connectivity index (χ0v) is 11.3. The Morgan fingerprint density at radius 1 is 1.50 bits per heavy atom. The van der Waals surface area contributed by atoms with Gasteiger partial charge in [-0.2, -0.15) is 0 Å². The molecule has 2 rings (SSSR count). The quantitative estimate of drug-likeness (QED) is 0.879. The van der Waals surface area contributed by atoms with Gasteiger partial charge in [-0.05, 0) is 31.0 Å². The summed E-state index contributed by atoms with van der Waals surface area (Å²) in [6.07, 6.45) is 1.94. The predicted octanol–water partition coefficient (Wildman–Crippen LogP) is 2.95. The van der Waals surface area contributed by atoms with Crippen LogP contribution in [0.15, 0.2) is 18.2 Å². The van der Waals surface area contributed by atoms with E-state index in [1.807, 2.05) is 0 Å². The molecule has 4 nitrogen and oxygen atoms in total. The van der Waals surface area contributed by atoms with E-state index in [4.69, 9.17) is 28.9 Å². The van der Waals surface area contributed by atoms with Crippen LogP contribution < -0.4 is 11.1 Å². The van der Waals surface area contributed by atoms with E-state index in [1.165, 1.54) is 0 Å². The van der Waals surface area contributed by atoms with Gasteiger partial charge in [0.1, 0.15) is 0 Å². The summed E-state index contributed by atoms with van der Waals surface area (Å²) in [4.78, 5) is 13.9. The molecule has 1 unspecified atom stereocenters. The van der Waals surface area contributed by atoms with Gasteiger partial charge in [0.15, 0.2) is 0 Å². The number of carbonyl (C=O) groups is 1. The van der Waals surface area contributed by atoms with Gasteiger partial charge in [-0.15, -0.1) is 0 Å². The second-order valence-electron chi connectivity index (χ2n) is 4.28. The highest BCUT2D eigenvalue weighted by atomic mass is 35.5. The molecule has 1 heterocycles. The van der Waals surface area contributed by atoms with E-state index in [-0.39, 0.29) is 12.1 Å². The molecule has 1 aliphatic rings. The maximum absolute atomic E-state index is 12.1. The third-order valence-electron chi connectivity index (χ3n) is 3.08. The summed E-state index contributed by atoms with van der Waals surface area (Å²) in [6.45, 7) is 1.21. The van der Waals surface area contributed by atoms with Crippen LogP contribution in [0, 0.1) is 0 Å². The highest BCUT2D eigenvalue weighted by molar-refractivity contribution is 6.35. The lowest BCUT2D eigenvalue weighted by atomic mass is 10.2. The fourth-order valence-electron chi connectivity index (χ4n) is 2.13. The maximum atomic E-state index is 12.1. The highest BCUT2D eigenvalue weighted by Gasteiger charge is 2.27. The van der Waals surface area contributed by atoms with Crippen LogP contribution in [0.1, 0.15) is 12.8 Å². The molecule has 1 atom stereocenters. The van der Waals surface area contributed by atoms with E-state index in [9.17, 15) is 4.79 Å². The van der Waals surface area contributed by atoms with Crippen molar-refractivity contribution in [3.05, 3.63) is 28.2 Å². The molecule has 0 radical (unpaired) electrons. The molecule has 1 aromatic rings. The largest absolute Gasteiger partial charge is 0.328 e. The molecule has 1 aromatic carbocycles. The number of hydrogen-bond acceptors (Lipinski definition) is 2. The van der Waals surface area contributed by atoms with Gasteiger partial charge in [0.05, 0.1) is 10.7 Å². The lowest BCUT2D eigenvalue weighted by Gasteiger charge is -2.24. The van der Waals surface area contributed by atoms with E-state index in [0.29, 0.717) is 22.3 Å².